The van der Waals surface area contributed by atoms with Gasteiger partial charge in [0.05, 0.1) is 7.11 Å². The summed E-state index contributed by atoms with van der Waals surface area (Å²) in [5.41, 5.74) is 2.34. The van der Waals surface area contributed by atoms with E-state index in [1.807, 2.05) is 47.5 Å². The second kappa shape index (κ2) is 9.22. The van der Waals surface area contributed by atoms with Crippen LogP contribution in [0.15, 0.2) is 48.7 Å². The molecular formula is C21H27N3O2. The number of carbonyl (C=O) groups is 1. The number of benzene rings is 1. The van der Waals surface area contributed by atoms with E-state index < -0.39 is 0 Å². The number of nitrogens with zero attached hydrogens (tertiary/aromatic N) is 2. The number of ether oxygens (including phenoxy) is 1. The summed E-state index contributed by atoms with van der Waals surface area (Å²) in [6, 6.07) is 14.1. The van der Waals surface area contributed by atoms with Crippen molar-refractivity contribution in [3.63, 3.8) is 0 Å². The van der Waals surface area contributed by atoms with Gasteiger partial charge in [0, 0.05) is 31.5 Å². The number of methoxy groups -OCH3 is 1. The van der Waals surface area contributed by atoms with Gasteiger partial charge in [0.2, 0.25) is 0 Å². The van der Waals surface area contributed by atoms with Crippen LogP contribution in [-0.4, -0.2) is 42.7 Å². The molecule has 1 saturated heterocycles. The van der Waals surface area contributed by atoms with Crippen LogP contribution in [0, 0.1) is 5.92 Å². The second-order valence-electron chi connectivity index (χ2n) is 6.79. The van der Waals surface area contributed by atoms with Crippen molar-refractivity contribution in [1.29, 1.82) is 0 Å². The monoisotopic (exact) mass is 353 g/mol. The normalized spacial score (nSPS) is 14.9. The molecule has 1 aliphatic heterocycles. The third-order valence-electron chi connectivity index (χ3n) is 4.97. The molecule has 1 fully saturated rings. The minimum absolute atomic E-state index is 0.0507. The highest BCUT2D eigenvalue weighted by molar-refractivity contribution is 5.74. The van der Waals surface area contributed by atoms with Gasteiger partial charge in [-0.2, -0.15) is 0 Å². The highest BCUT2D eigenvalue weighted by Gasteiger charge is 2.22. The lowest BCUT2D eigenvalue weighted by atomic mass is 9.92. The van der Waals surface area contributed by atoms with Crippen molar-refractivity contribution < 1.29 is 9.53 Å². The molecule has 138 valence electrons. The summed E-state index contributed by atoms with van der Waals surface area (Å²) in [6.45, 7) is 2.30. The van der Waals surface area contributed by atoms with Gasteiger partial charge in [-0.15, -0.1) is 0 Å². The quantitative estimate of drug-likeness (QED) is 0.867. The molecule has 5 heteroatoms. The number of nitrogens with one attached hydrogen (secondary N) is 1. The largest absolute Gasteiger partial charge is 0.497 e. The maximum atomic E-state index is 12.3. The number of hydrogen-bond acceptors (Lipinski definition) is 3. The van der Waals surface area contributed by atoms with Crippen molar-refractivity contribution in [3.05, 3.63) is 59.9 Å². The molecule has 0 saturated carbocycles. The van der Waals surface area contributed by atoms with E-state index in [0.717, 1.165) is 50.2 Å². The molecule has 1 aromatic carbocycles. The Morgan fingerprint density at radius 1 is 1.19 bits per heavy atom. The van der Waals surface area contributed by atoms with Gasteiger partial charge in [-0.3, -0.25) is 4.98 Å². The smallest absolute Gasteiger partial charge is 0.317 e. The Kier molecular flexibility index (Phi) is 6.47. The van der Waals surface area contributed by atoms with E-state index in [1.165, 1.54) is 5.56 Å². The molecule has 5 nitrogen and oxygen atoms in total. The zero-order valence-electron chi connectivity index (χ0n) is 15.4. The third kappa shape index (κ3) is 5.22. The predicted molar refractivity (Wildman–Crippen MR) is 102 cm³/mol. The van der Waals surface area contributed by atoms with Crippen LogP contribution in [0.4, 0.5) is 4.79 Å². The number of urea groups is 1. The number of piperidine rings is 1. The van der Waals surface area contributed by atoms with E-state index >= 15 is 0 Å². The van der Waals surface area contributed by atoms with Crippen molar-refractivity contribution >= 4 is 6.03 Å². The van der Waals surface area contributed by atoms with Crippen molar-refractivity contribution in [2.45, 2.75) is 25.7 Å². The molecule has 1 aromatic heterocycles. The Morgan fingerprint density at radius 3 is 2.62 bits per heavy atom. The van der Waals surface area contributed by atoms with Crippen LogP contribution in [0.1, 0.15) is 24.1 Å². The van der Waals surface area contributed by atoms with Gasteiger partial charge < -0.3 is 15.0 Å². The van der Waals surface area contributed by atoms with Crippen LogP contribution in [0.5, 0.6) is 5.75 Å². The van der Waals surface area contributed by atoms with E-state index in [0.29, 0.717) is 12.5 Å². The molecule has 0 spiro atoms. The number of rotatable bonds is 6. The van der Waals surface area contributed by atoms with Crippen LogP contribution in [0.3, 0.4) is 0 Å². The average Bonchev–Trinajstić information content (AvgIpc) is 2.70. The van der Waals surface area contributed by atoms with Crippen LogP contribution >= 0.6 is 0 Å². The Bertz CT molecular complexity index is 680. The van der Waals surface area contributed by atoms with E-state index in [2.05, 4.69) is 16.4 Å². The molecule has 2 aromatic rings. The summed E-state index contributed by atoms with van der Waals surface area (Å²) in [5.74, 6) is 1.47. The van der Waals surface area contributed by atoms with Gasteiger partial charge in [0.1, 0.15) is 5.75 Å². The summed E-state index contributed by atoms with van der Waals surface area (Å²) in [6.07, 6.45) is 5.77. The number of pyridine rings is 1. The van der Waals surface area contributed by atoms with Gasteiger partial charge in [0.25, 0.3) is 0 Å². The van der Waals surface area contributed by atoms with Crippen molar-refractivity contribution in [1.82, 2.24) is 15.2 Å². The number of carbonyl (C=O) groups excluding carboxylic acids is 1. The molecule has 0 unspecified atom stereocenters. The lowest BCUT2D eigenvalue weighted by molar-refractivity contribution is 0.170. The van der Waals surface area contributed by atoms with Crippen LogP contribution in [0.2, 0.25) is 0 Å². The second-order valence-corrected chi connectivity index (χ2v) is 6.79. The molecular weight excluding hydrogens is 326 g/mol. The Hall–Kier alpha value is -2.56. The molecule has 2 heterocycles. The van der Waals surface area contributed by atoms with E-state index in [1.54, 1.807) is 7.11 Å². The first-order chi connectivity index (χ1) is 12.7. The summed E-state index contributed by atoms with van der Waals surface area (Å²) in [7, 11) is 1.66. The summed E-state index contributed by atoms with van der Waals surface area (Å²) in [5, 5.41) is 3.04. The molecule has 3 rings (SSSR count). The Balaban J connectivity index is 1.36. The topological polar surface area (TPSA) is 54.5 Å². The van der Waals surface area contributed by atoms with Gasteiger partial charge >= 0.3 is 6.03 Å². The van der Waals surface area contributed by atoms with Gasteiger partial charge in [-0.05, 0) is 61.4 Å². The molecule has 0 atom stereocenters. The summed E-state index contributed by atoms with van der Waals surface area (Å²) < 4.78 is 5.16. The average molecular weight is 353 g/mol. The third-order valence-corrected chi connectivity index (χ3v) is 4.97. The number of amides is 2. The van der Waals surface area contributed by atoms with E-state index in [-0.39, 0.29) is 6.03 Å². The minimum atomic E-state index is 0.0507. The lowest BCUT2D eigenvalue weighted by Gasteiger charge is -2.32. The predicted octanol–water partition coefficient (Wildman–Crippen LogP) is 3.30. The van der Waals surface area contributed by atoms with Gasteiger partial charge in [0.15, 0.2) is 0 Å². The van der Waals surface area contributed by atoms with Crippen molar-refractivity contribution in [2.75, 3.05) is 26.7 Å². The van der Waals surface area contributed by atoms with Crippen LogP contribution < -0.4 is 10.1 Å². The lowest BCUT2D eigenvalue weighted by Crippen LogP contribution is -2.45. The van der Waals surface area contributed by atoms with Crippen molar-refractivity contribution in [2.24, 2.45) is 5.92 Å². The summed E-state index contributed by atoms with van der Waals surface area (Å²) in [4.78, 5) is 18.7. The first kappa shape index (κ1) is 18.2. The van der Waals surface area contributed by atoms with Gasteiger partial charge in [-0.25, -0.2) is 4.79 Å². The number of aromatic nitrogens is 1. The Labute approximate surface area is 155 Å². The highest BCUT2D eigenvalue weighted by atomic mass is 16.5. The molecule has 2 amide bonds. The van der Waals surface area contributed by atoms with Crippen molar-refractivity contribution in [3.8, 4) is 5.75 Å². The zero-order chi connectivity index (χ0) is 18.2. The fraction of sp³-hybridized carbons (Fsp3) is 0.429. The fourth-order valence-corrected chi connectivity index (χ4v) is 3.37. The Morgan fingerprint density at radius 2 is 1.96 bits per heavy atom. The highest BCUT2D eigenvalue weighted by Crippen LogP contribution is 2.20. The first-order valence-corrected chi connectivity index (χ1v) is 9.30. The van der Waals surface area contributed by atoms with E-state index in [9.17, 15) is 4.79 Å². The van der Waals surface area contributed by atoms with E-state index in [4.69, 9.17) is 4.74 Å². The van der Waals surface area contributed by atoms with Crippen LogP contribution in [-0.2, 0) is 12.8 Å². The number of likely N-dealkylation sites (tertiary alicyclic amines) is 1. The molecule has 0 aliphatic carbocycles. The van der Waals surface area contributed by atoms with Gasteiger partial charge in [-0.1, -0.05) is 18.2 Å². The standard InChI is InChI=1S/C21H27N3O2/c1-26-20-7-5-17(6-8-20)9-13-23-21(25)24-14-10-18(11-15-24)16-19-4-2-3-12-22-19/h2-8,12,18H,9-11,13-16H2,1H3,(H,23,25). The van der Waals surface area contributed by atoms with Crippen LogP contribution in [0.25, 0.3) is 0 Å². The number of hydrogen-bond donors (Lipinski definition) is 1. The first-order valence-electron chi connectivity index (χ1n) is 9.30. The molecule has 0 bridgehead atoms. The maximum Gasteiger partial charge on any atom is 0.317 e. The maximum absolute atomic E-state index is 12.3. The molecule has 1 N–H and O–H groups in total. The molecule has 1 aliphatic rings. The summed E-state index contributed by atoms with van der Waals surface area (Å²) >= 11 is 0. The minimum Gasteiger partial charge on any atom is -0.497 e. The SMILES string of the molecule is COc1ccc(CCNC(=O)N2CCC(Cc3ccccn3)CC2)cc1. The molecule has 0 radical (unpaired) electrons. The zero-order valence-corrected chi connectivity index (χ0v) is 15.4. The fourth-order valence-electron chi connectivity index (χ4n) is 3.37. The molecule has 26 heavy (non-hydrogen) atoms.